The fraction of sp³-hybridized carbons (Fsp3) is 0.417. The first-order chi connectivity index (χ1) is 7.63. The molecule has 0 aromatic heterocycles. The number of hydrogen-bond acceptors (Lipinski definition) is 1. The monoisotopic (exact) mass is 395 g/mol. The van der Waals surface area contributed by atoms with Crippen LogP contribution in [0.2, 0.25) is 0 Å². The van der Waals surface area contributed by atoms with Gasteiger partial charge in [0.25, 0.3) is 5.91 Å². The van der Waals surface area contributed by atoms with Gasteiger partial charge in [-0.15, -0.1) is 0 Å². The quantitative estimate of drug-likeness (QED) is 0.599. The summed E-state index contributed by atoms with van der Waals surface area (Å²) >= 11 is 5.74. The predicted molar refractivity (Wildman–Crippen MR) is 79.1 cm³/mol. The first-order valence-electron chi connectivity index (χ1n) is 5.31. The molecule has 0 aliphatic rings. The highest BCUT2D eigenvalue weighted by molar-refractivity contribution is 14.1. The van der Waals surface area contributed by atoms with E-state index in [2.05, 4.69) is 50.8 Å². The lowest BCUT2D eigenvalue weighted by molar-refractivity contribution is 0.0953. The molecule has 1 unspecified atom stereocenters. The van der Waals surface area contributed by atoms with Crippen LogP contribution in [0.15, 0.2) is 24.3 Å². The minimum Gasteiger partial charge on any atom is -0.351 e. The zero-order valence-electron chi connectivity index (χ0n) is 9.17. The van der Waals surface area contributed by atoms with E-state index >= 15 is 0 Å². The molecule has 2 nitrogen and oxygen atoms in total. The van der Waals surface area contributed by atoms with E-state index in [0.29, 0.717) is 11.4 Å². The maximum Gasteiger partial charge on any atom is 0.251 e. The Kier molecular flexibility index (Phi) is 6.34. The number of rotatable bonds is 5. The molecule has 1 N–H and O–H groups in total. The molecule has 0 spiro atoms. The zero-order valence-corrected chi connectivity index (χ0v) is 12.9. The van der Waals surface area contributed by atoms with E-state index in [1.807, 2.05) is 24.3 Å². The number of hydrogen-bond donors (Lipinski definition) is 1. The van der Waals surface area contributed by atoms with Gasteiger partial charge in [-0.3, -0.25) is 4.79 Å². The predicted octanol–water partition coefficient (Wildman–Crippen LogP) is 3.58. The fourth-order valence-electron chi connectivity index (χ4n) is 1.35. The number of alkyl halides is 1. The molecule has 0 aliphatic heterocycles. The SMILES string of the molecule is CCCC(Br)CNC(=O)c1cccc(I)c1. The Bertz CT molecular complexity index is 357. The lowest BCUT2D eigenvalue weighted by Gasteiger charge is -2.10. The summed E-state index contributed by atoms with van der Waals surface area (Å²) < 4.78 is 1.08. The zero-order chi connectivity index (χ0) is 12.0. The number of benzene rings is 1. The largest absolute Gasteiger partial charge is 0.351 e. The van der Waals surface area contributed by atoms with E-state index in [1.54, 1.807) is 0 Å². The van der Waals surface area contributed by atoms with Gasteiger partial charge in [0.1, 0.15) is 0 Å². The van der Waals surface area contributed by atoms with Crippen LogP contribution in [-0.4, -0.2) is 17.3 Å². The first-order valence-corrected chi connectivity index (χ1v) is 7.30. The Morgan fingerprint density at radius 1 is 1.56 bits per heavy atom. The van der Waals surface area contributed by atoms with Crippen LogP contribution in [0.25, 0.3) is 0 Å². The normalized spacial score (nSPS) is 12.2. The third kappa shape index (κ3) is 4.82. The van der Waals surface area contributed by atoms with Crippen molar-refractivity contribution in [2.24, 2.45) is 0 Å². The minimum absolute atomic E-state index is 0.000862. The average molecular weight is 396 g/mol. The Morgan fingerprint density at radius 2 is 2.31 bits per heavy atom. The summed E-state index contributed by atoms with van der Waals surface area (Å²) in [5.41, 5.74) is 0.725. The molecule has 0 aliphatic carbocycles. The lowest BCUT2D eigenvalue weighted by Crippen LogP contribution is -2.29. The van der Waals surface area contributed by atoms with Crippen LogP contribution in [0.5, 0.6) is 0 Å². The van der Waals surface area contributed by atoms with Gasteiger partial charge in [0.2, 0.25) is 0 Å². The summed E-state index contributed by atoms with van der Waals surface area (Å²) in [6.45, 7) is 2.81. The number of amides is 1. The lowest BCUT2D eigenvalue weighted by atomic mass is 10.2. The molecule has 1 amide bonds. The summed E-state index contributed by atoms with van der Waals surface area (Å²) in [5.74, 6) is -0.000862. The van der Waals surface area contributed by atoms with Crippen molar-refractivity contribution < 1.29 is 4.79 Å². The topological polar surface area (TPSA) is 29.1 Å². The van der Waals surface area contributed by atoms with Crippen LogP contribution in [0, 0.1) is 3.57 Å². The van der Waals surface area contributed by atoms with Gasteiger partial charge < -0.3 is 5.32 Å². The van der Waals surface area contributed by atoms with Crippen molar-refractivity contribution in [3.05, 3.63) is 33.4 Å². The van der Waals surface area contributed by atoms with E-state index in [1.165, 1.54) is 0 Å². The molecule has 1 aromatic rings. The Balaban J connectivity index is 2.47. The van der Waals surface area contributed by atoms with Gasteiger partial charge >= 0.3 is 0 Å². The molecule has 0 heterocycles. The van der Waals surface area contributed by atoms with Crippen molar-refractivity contribution in [3.63, 3.8) is 0 Å². The van der Waals surface area contributed by atoms with Crippen molar-refractivity contribution in [2.75, 3.05) is 6.54 Å². The van der Waals surface area contributed by atoms with Gasteiger partial charge in [0, 0.05) is 20.5 Å². The van der Waals surface area contributed by atoms with Crippen LogP contribution >= 0.6 is 38.5 Å². The molecule has 0 saturated carbocycles. The van der Waals surface area contributed by atoms with Gasteiger partial charge in [-0.05, 0) is 47.2 Å². The number of carbonyl (C=O) groups is 1. The number of halogens is 2. The van der Waals surface area contributed by atoms with Crippen molar-refractivity contribution in [1.82, 2.24) is 5.32 Å². The van der Waals surface area contributed by atoms with Crippen molar-refractivity contribution >= 4 is 44.4 Å². The van der Waals surface area contributed by atoms with Crippen LogP contribution in [0.4, 0.5) is 0 Å². The third-order valence-electron chi connectivity index (χ3n) is 2.17. The van der Waals surface area contributed by atoms with Gasteiger partial charge in [0.05, 0.1) is 0 Å². The standard InChI is InChI=1S/C12H15BrINO/c1-2-4-10(13)8-15-12(16)9-5-3-6-11(14)7-9/h3,5-7,10H,2,4,8H2,1H3,(H,15,16). The Morgan fingerprint density at radius 3 is 2.94 bits per heavy atom. The summed E-state index contributed by atoms with van der Waals surface area (Å²) in [4.78, 5) is 12.1. The van der Waals surface area contributed by atoms with E-state index in [4.69, 9.17) is 0 Å². The molecule has 16 heavy (non-hydrogen) atoms. The summed E-state index contributed by atoms with van der Waals surface area (Å²) in [7, 11) is 0. The maximum atomic E-state index is 11.8. The van der Waals surface area contributed by atoms with Crippen molar-refractivity contribution in [1.29, 1.82) is 0 Å². The van der Waals surface area contributed by atoms with Crippen LogP contribution in [0.3, 0.4) is 0 Å². The molecular formula is C12H15BrINO. The third-order valence-corrected chi connectivity index (χ3v) is 3.63. The second-order valence-electron chi connectivity index (χ2n) is 3.61. The molecule has 0 fully saturated rings. The molecule has 1 aromatic carbocycles. The maximum absolute atomic E-state index is 11.8. The van der Waals surface area contributed by atoms with E-state index in [-0.39, 0.29) is 5.91 Å². The molecule has 4 heteroatoms. The van der Waals surface area contributed by atoms with Gasteiger partial charge in [-0.25, -0.2) is 0 Å². The first kappa shape index (κ1) is 14.0. The molecule has 88 valence electrons. The highest BCUT2D eigenvalue weighted by Crippen LogP contribution is 2.09. The molecular weight excluding hydrogens is 381 g/mol. The average Bonchev–Trinajstić information content (AvgIpc) is 2.26. The van der Waals surface area contributed by atoms with Crippen LogP contribution in [0.1, 0.15) is 30.1 Å². The summed E-state index contributed by atoms with van der Waals surface area (Å²) in [5, 5.41) is 2.92. The van der Waals surface area contributed by atoms with Gasteiger partial charge in [-0.1, -0.05) is 35.3 Å². The summed E-state index contributed by atoms with van der Waals surface area (Å²) in [6, 6.07) is 7.59. The van der Waals surface area contributed by atoms with E-state index in [9.17, 15) is 4.79 Å². The molecule has 0 radical (unpaired) electrons. The minimum atomic E-state index is -0.000862. The number of nitrogens with one attached hydrogen (secondary N) is 1. The highest BCUT2D eigenvalue weighted by atomic mass is 127. The molecule has 0 bridgehead atoms. The fourth-order valence-corrected chi connectivity index (χ4v) is 2.51. The van der Waals surface area contributed by atoms with Gasteiger partial charge in [0.15, 0.2) is 0 Å². The molecule has 1 atom stereocenters. The van der Waals surface area contributed by atoms with Crippen molar-refractivity contribution in [2.45, 2.75) is 24.6 Å². The van der Waals surface area contributed by atoms with Gasteiger partial charge in [-0.2, -0.15) is 0 Å². The van der Waals surface area contributed by atoms with Crippen LogP contribution < -0.4 is 5.32 Å². The summed E-state index contributed by atoms with van der Waals surface area (Å²) in [6.07, 6.45) is 2.20. The second-order valence-corrected chi connectivity index (χ2v) is 6.15. The highest BCUT2D eigenvalue weighted by Gasteiger charge is 2.08. The molecule has 0 saturated heterocycles. The Hall–Kier alpha value is -0.100. The van der Waals surface area contributed by atoms with E-state index < -0.39 is 0 Å². The number of carbonyl (C=O) groups excluding carboxylic acids is 1. The Labute approximate surface area is 118 Å². The van der Waals surface area contributed by atoms with Crippen molar-refractivity contribution in [3.8, 4) is 0 Å². The smallest absolute Gasteiger partial charge is 0.251 e. The second kappa shape index (κ2) is 7.27. The van der Waals surface area contributed by atoms with E-state index in [0.717, 1.165) is 22.0 Å². The molecule has 1 rings (SSSR count). The van der Waals surface area contributed by atoms with Crippen LogP contribution in [-0.2, 0) is 0 Å².